The van der Waals surface area contributed by atoms with E-state index in [9.17, 15) is 0 Å². The molecule has 0 radical (unpaired) electrons. The number of aryl methyl sites for hydroxylation is 2. The van der Waals surface area contributed by atoms with Crippen molar-refractivity contribution in [3.05, 3.63) is 59.5 Å². The van der Waals surface area contributed by atoms with Gasteiger partial charge in [-0.2, -0.15) is 4.68 Å². The predicted molar refractivity (Wildman–Crippen MR) is 109 cm³/mol. The van der Waals surface area contributed by atoms with Crippen LogP contribution in [0.1, 0.15) is 29.2 Å². The molecule has 0 saturated carbocycles. The maximum absolute atomic E-state index is 5.87. The average Bonchev–Trinajstić information content (AvgIpc) is 3.40. The first-order valence-electron chi connectivity index (χ1n) is 9.05. The fourth-order valence-corrected chi connectivity index (χ4v) is 3.57. The van der Waals surface area contributed by atoms with Crippen LogP contribution in [0.5, 0.6) is 5.75 Å². The maximum Gasteiger partial charge on any atom is 0.247 e. The van der Waals surface area contributed by atoms with E-state index in [0.29, 0.717) is 16.9 Å². The van der Waals surface area contributed by atoms with Crippen LogP contribution in [0, 0.1) is 13.8 Å². The highest BCUT2D eigenvalue weighted by Crippen LogP contribution is 2.34. The van der Waals surface area contributed by atoms with Gasteiger partial charge in [-0.3, -0.25) is 0 Å². The normalized spacial score (nSPS) is 12.1. The molecule has 0 spiro atoms. The molecule has 4 aromatic rings. The third-order valence-electron chi connectivity index (χ3n) is 4.58. The highest BCUT2D eigenvalue weighted by molar-refractivity contribution is 7.99. The number of hydrogen-bond donors (Lipinski definition) is 0. The Balaban J connectivity index is 1.53. The fourth-order valence-electron chi connectivity index (χ4n) is 2.73. The largest absolute Gasteiger partial charge is 0.497 e. The number of nitrogens with zero attached hydrogens (tertiary/aromatic N) is 6. The lowest BCUT2D eigenvalue weighted by atomic mass is 10.1. The molecule has 1 atom stereocenters. The van der Waals surface area contributed by atoms with Crippen molar-refractivity contribution in [2.24, 2.45) is 0 Å². The van der Waals surface area contributed by atoms with Crippen LogP contribution in [0.3, 0.4) is 0 Å². The number of ether oxygens (including phenoxy) is 1. The van der Waals surface area contributed by atoms with Crippen LogP contribution in [-0.2, 0) is 0 Å². The molecule has 0 bridgehead atoms. The first-order chi connectivity index (χ1) is 14.0. The zero-order chi connectivity index (χ0) is 20.4. The summed E-state index contributed by atoms with van der Waals surface area (Å²) in [6.07, 6.45) is 0. The number of thioether (sulfide) groups is 1. The molecule has 4 rings (SSSR count). The van der Waals surface area contributed by atoms with E-state index in [4.69, 9.17) is 9.15 Å². The molecule has 2 aromatic carbocycles. The van der Waals surface area contributed by atoms with Crippen molar-refractivity contribution in [2.45, 2.75) is 31.2 Å². The molecule has 0 aliphatic rings. The van der Waals surface area contributed by atoms with Crippen LogP contribution in [-0.4, -0.2) is 37.5 Å². The van der Waals surface area contributed by atoms with Gasteiger partial charge in [-0.1, -0.05) is 17.8 Å². The minimum atomic E-state index is -0.120. The van der Waals surface area contributed by atoms with Gasteiger partial charge in [-0.25, -0.2) is 0 Å². The van der Waals surface area contributed by atoms with Crippen LogP contribution in [0.25, 0.3) is 17.1 Å². The van der Waals surface area contributed by atoms with Crippen molar-refractivity contribution in [3.63, 3.8) is 0 Å². The molecule has 8 nitrogen and oxygen atoms in total. The molecule has 2 aromatic heterocycles. The van der Waals surface area contributed by atoms with E-state index in [1.165, 1.54) is 22.9 Å². The summed E-state index contributed by atoms with van der Waals surface area (Å²) in [5, 5.41) is 21.0. The summed E-state index contributed by atoms with van der Waals surface area (Å²) in [5.41, 5.74) is 4.16. The summed E-state index contributed by atoms with van der Waals surface area (Å²) in [6, 6.07) is 13.6. The molecule has 0 N–H and O–H groups in total. The van der Waals surface area contributed by atoms with Gasteiger partial charge in [0.2, 0.25) is 16.9 Å². The van der Waals surface area contributed by atoms with Gasteiger partial charge in [0, 0.05) is 5.56 Å². The second kappa shape index (κ2) is 8.04. The van der Waals surface area contributed by atoms with Gasteiger partial charge >= 0.3 is 0 Å². The number of benzene rings is 2. The smallest absolute Gasteiger partial charge is 0.247 e. The molecular weight excluding hydrogens is 388 g/mol. The molecule has 0 unspecified atom stereocenters. The second-order valence-electron chi connectivity index (χ2n) is 6.58. The van der Waals surface area contributed by atoms with Crippen molar-refractivity contribution in [1.29, 1.82) is 0 Å². The Kier molecular flexibility index (Phi) is 5.30. The molecule has 148 valence electrons. The van der Waals surface area contributed by atoms with Crippen molar-refractivity contribution in [3.8, 4) is 22.9 Å². The van der Waals surface area contributed by atoms with Gasteiger partial charge in [0.25, 0.3) is 0 Å². The van der Waals surface area contributed by atoms with Gasteiger partial charge < -0.3 is 9.15 Å². The van der Waals surface area contributed by atoms with Crippen molar-refractivity contribution in [2.75, 3.05) is 7.11 Å². The van der Waals surface area contributed by atoms with E-state index in [1.54, 1.807) is 11.8 Å². The van der Waals surface area contributed by atoms with Crippen LogP contribution in [0.15, 0.2) is 52.0 Å². The van der Waals surface area contributed by atoms with E-state index in [2.05, 4.69) is 51.7 Å². The van der Waals surface area contributed by atoms with Crippen LogP contribution < -0.4 is 4.74 Å². The first-order valence-corrected chi connectivity index (χ1v) is 9.93. The molecule has 0 saturated heterocycles. The fraction of sp³-hybridized carbons (Fsp3) is 0.250. The SMILES string of the molecule is COc1ccc(-c2nnc([C@@H](C)Sc3nnnn3-c3ccc(C)c(C)c3)o2)cc1. The van der Waals surface area contributed by atoms with Gasteiger partial charge in [-0.15, -0.1) is 15.3 Å². The molecule has 0 fully saturated rings. The standard InChI is InChI=1S/C20H20N6O2S/c1-12-5-8-16(11-13(12)2)26-20(23-24-25-26)29-14(3)18-21-22-19(28-18)15-6-9-17(27-4)10-7-15/h5-11,14H,1-4H3/t14-/m1/s1. The monoisotopic (exact) mass is 408 g/mol. The van der Waals surface area contributed by atoms with E-state index < -0.39 is 0 Å². The number of hydrogen-bond acceptors (Lipinski definition) is 8. The minimum absolute atomic E-state index is 0.120. The summed E-state index contributed by atoms with van der Waals surface area (Å²) in [7, 11) is 1.63. The molecule has 0 aliphatic heterocycles. The van der Waals surface area contributed by atoms with Crippen molar-refractivity contribution >= 4 is 11.8 Å². The Hall–Kier alpha value is -3.20. The molecule has 9 heteroatoms. The minimum Gasteiger partial charge on any atom is -0.497 e. The van der Waals surface area contributed by atoms with Crippen molar-refractivity contribution in [1.82, 2.24) is 30.4 Å². The number of tetrazole rings is 1. The van der Waals surface area contributed by atoms with E-state index in [1.807, 2.05) is 37.3 Å². The lowest BCUT2D eigenvalue weighted by Crippen LogP contribution is -2.01. The van der Waals surface area contributed by atoms with E-state index in [-0.39, 0.29) is 5.25 Å². The average molecular weight is 408 g/mol. The summed E-state index contributed by atoms with van der Waals surface area (Å²) in [5.74, 6) is 1.75. The topological polar surface area (TPSA) is 91.8 Å². The number of rotatable bonds is 6. The molecular formula is C20H20N6O2S. The summed E-state index contributed by atoms with van der Waals surface area (Å²) in [6.45, 7) is 6.12. The Labute approximate surface area is 172 Å². The molecule has 29 heavy (non-hydrogen) atoms. The number of methoxy groups -OCH3 is 1. The summed E-state index contributed by atoms with van der Waals surface area (Å²) >= 11 is 1.46. The Morgan fingerprint density at radius 2 is 1.79 bits per heavy atom. The summed E-state index contributed by atoms with van der Waals surface area (Å²) < 4.78 is 12.8. The molecule has 0 amide bonds. The lowest BCUT2D eigenvalue weighted by molar-refractivity contribution is 0.415. The lowest BCUT2D eigenvalue weighted by Gasteiger charge is -2.09. The quantitative estimate of drug-likeness (QED) is 0.439. The van der Waals surface area contributed by atoms with Gasteiger partial charge in [0.15, 0.2) is 0 Å². The predicted octanol–water partition coefficient (Wildman–Crippen LogP) is 4.19. The number of aromatic nitrogens is 6. The Morgan fingerprint density at radius 1 is 1.00 bits per heavy atom. The van der Waals surface area contributed by atoms with Gasteiger partial charge in [0.05, 0.1) is 18.0 Å². The van der Waals surface area contributed by atoms with Crippen LogP contribution in [0.2, 0.25) is 0 Å². The first kappa shape index (κ1) is 19.1. The van der Waals surface area contributed by atoms with E-state index >= 15 is 0 Å². The van der Waals surface area contributed by atoms with Crippen LogP contribution in [0.4, 0.5) is 0 Å². The summed E-state index contributed by atoms with van der Waals surface area (Å²) in [4.78, 5) is 0. The van der Waals surface area contributed by atoms with Crippen LogP contribution >= 0.6 is 11.8 Å². The third-order valence-corrected chi connectivity index (χ3v) is 5.60. The van der Waals surface area contributed by atoms with E-state index in [0.717, 1.165) is 17.0 Å². The molecule has 0 aliphatic carbocycles. The molecule has 2 heterocycles. The third kappa shape index (κ3) is 4.00. The highest BCUT2D eigenvalue weighted by Gasteiger charge is 2.20. The second-order valence-corrected chi connectivity index (χ2v) is 7.88. The van der Waals surface area contributed by atoms with Gasteiger partial charge in [0.1, 0.15) is 5.75 Å². The Bertz CT molecular complexity index is 1120. The highest BCUT2D eigenvalue weighted by atomic mass is 32.2. The Morgan fingerprint density at radius 3 is 2.52 bits per heavy atom. The van der Waals surface area contributed by atoms with Crippen molar-refractivity contribution < 1.29 is 9.15 Å². The van der Waals surface area contributed by atoms with Gasteiger partial charge in [-0.05, 0) is 78.7 Å². The maximum atomic E-state index is 5.87. The zero-order valence-corrected chi connectivity index (χ0v) is 17.3. The zero-order valence-electron chi connectivity index (χ0n) is 16.5.